The lowest BCUT2D eigenvalue weighted by Gasteiger charge is -2.38. The van der Waals surface area contributed by atoms with E-state index in [1.165, 1.54) is 5.56 Å². The van der Waals surface area contributed by atoms with Crippen LogP contribution in [0, 0.1) is 0 Å². The van der Waals surface area contributed by atoms with E-state index in [4.69, 9.17) is 24.2 Å². The highest BCUT2D eigenvalue weighted by atomic mass is 16.5. The molecule has 0 amide bonds. The van der Waals surface area contributed by atoms with Crippen molar-refractivity contribution in [2.45, 2.75) is 26.3 Å². The number of fused-ring (bicyclic) bond motifs is 1. The molecule has 2 aromatic carbocycles. The molecule has 0 unspecified atom stereocenters. The predicted molar refractivity (Wildman–Crippen MR) is 155 cm³/mol. The molecule has 3 aromatic rings. The number of esters is 1. The van der Waals surface area contributed by atoms with Crippen molar-refractivity contribution in [2.24, 2.45) is 0 Å². The van der Waals surface area contributed by atoms with Crippen LogP contribution in [0.25, 0.3) is 0 Å². The molecule has 40 heavy (non-hydrogen) atoms. The van der Waals surface area contributed by atoms with Crippen molar-refractivity contribution in [3.63, 3.8) is 0 Å². The van der Waals surface area contributed by atoms with E-state index in [-0.39, 0.29) is 6.61 Å². The summed E-state index contributed by atoms with van der Waals surface area (Å²) in [5, 5.41) is 0. The molecule has 0 aliphatic carbocycles. The molecular weight excluding hydrogens is 506 g/mol. The summed E-state index contributed by atoms with van der Waals surface area (Å²) >= 11 is 0. The van der Waals surface area contributed by atoms with Gasteiger partial charge in [0.1, 0.15) is 17.3 Å². The molecule has 9 heteroatoms. The number of nitrogens with zero attached hydrogens (tertiary/aromatic N) is 5. The van der Waals surface area contributed by atoms with Gasteiger partial charge in [-0.2, -0.15) is 9.97 Å². The molecular formula is C31H37N5O4. The molecule has 0 spiro atoms. The molecule has 1 aromatic heterocycles. The Kier molecular flexibility index (Phi) is 8.21. The van der Waals surface area contributed by atoms with Crippen LogP contribution in [0.3, 0.4) is 0 Å². The normalized spacial score (nSPS) is 17.2. The van der Waals surface area contributed by atoms with Crippen molar-refractivity contribution in [1.82, 2.24) is 14.9 Å². The Morgan fingerprint density at radius 3 is 2.40 bits per heavy atom. The van der Waals surface area contributed by atoms with Crippen molar-refractivity contribution in [2.75, 3.05) is 63.8 Å². The minimum Gasteiger partial charge on any atom is -0.496 e. The summed E-state index contributed by atoms with van der Waals surface area (Å²) in [5.74, 6) is 1.95. The zero-order valence-corrected chi connectivity index (χ0v) is 23.9. The van der Waals surface area contributed by atoms with Crippen LogP contribution in [0.1, 0.15) is 36.5 Å². The first kappa shape index (κ1) is 27.5. The number of rotatable bonds is 8. The second-order valence-corrected chi connectivity index (χ2v) is 10.2. The van der Waals surface area contributed by atoms with Crippen LogP contribution in [0.15, 0.2) is 65.9 Å². The lowest BCUT2D eigenvalue weighted by molar-refractivity contribution is -0.139. The number of carbonyl (C=O) groups excluding carboxylic acids is 1. The van der Waals surface area contributed by atoms with E-state index >= 15 is 0 Å². The first-order chi connectivity index (χ1) is 19.4. The Morgan fingerprint density at radius 2 is 1.73 bits per heavy atom. The fourth-order valence-corrected chi connectivity index (χ4v) is 5.39. The van der Waals surface area contributed by atoms with Gasteiger partial charge in [0.05, 0.1) is 30.8 Å². The zero-order chi connectivity index (χ0) is 28.2. The van der Waals surface area contributed by atoms with E-state index in [0.29, 0.717) is 28.9 Å². The number of ether oxygens (including phenoxy) is 3. The van der Waals surface area contributed by atoms with Crippen LogP contribution in [0.5, 0.6) is 11.6 Å². The van der Waals surface area contributed by atoms with Crippen LogP contribution in [0.2, 0.25) is 0 Å². The molecule has 1 fully saturated rings. The Balaban J connectivity index is 1.59. The second-order valence-electron chi connectivity index (χ2n) is 10.2. The third-order valence-corrected chi connectivity index (χ3v) is 7.35. The van der Waals surface area contributed by atoms with Gasteiger partial charge < -0.3 is 24.0 Å². The van der Waals surface area contributed by atoms with Crippen molar-refractivity contribution in [1.29, 1.82) is 0 Å². The third-order valence-electron chi connectivity index (χ3n) is 7.35. The number of para-hydroxylation sites is 1. The van der Waals surface area contributed by atoms with E-state index in [1.54, 1.807) is 21.0 Å². The smallest absolute Gasteiger partial charge is 0.338 e. The number of hydrogen-bond donors (Lipinski definition) is 0. The fraction of sp³-hybridized carbons (Fsp3) is 0.387. The molecule has 0 N–H and O–H groups in total. The molecule has 3 heterocycles. The molecule has 1 saturated heterocycles. The van der Waals surface area contributed by atoms with Gasteiger partial charge in [0.2, 0.25) is 11.8 Å². The lowest BCUT2D eigenvalue weighted by Crippen LogP contribution is -2.47. The van der Waals surface area contributed by atoms with Crippen LogP contribution < -0.4 is 19.3 Å². The summed E-state index contributed by atoms with van der Waals surface area (Å²) in [4.78, 5) is 29.8. The van der Waals surface area contributed by atoms with Crippen molar-refractivity contribution >= 4 is 17.7 Å². The maximum atomic E-state index is 13.4. The van der Waals surface area contributed by atoms with Gasteiger partial charge in [-0.1, -0.05) is 48.5 Å². The van der Waals surface area contributed by atoms with E-state index in [0.717, 1.165) is 49.7 Å². The van der Waals surface area contributed by atoms with Gasteiger partial charge in [0, 0.05) is 52.4 Å². The van der Waals surface area contributed by atoms with Crippen LogP contribution in [-0.4, -0.2) is 74.8 Å². The summed E-state index contributed by atoms with van der Waals surface area (Å²) in [6.07, 6.45) is 0. The third kappa shape index (κ3) is 5.47. The average molecular weight is 544 g/mol. The number of allylic oxidation sites excluding steroid dienone is 1. The molecule has 1 atom stereocenters. The molecule has 0 bridgehead atoms. The van der Waals surface area contributed by atoms with Gasteiger partial charge in [0.15, 0.2) is 0 Å². The first-order valence-corrected chi connectivity index (χ1v) is 13.7. The maximum absolute atomic E-state index is 13.4. The highest BCUT2D eigenvalue weighted by Crippen LogP contribution is 2.49. The van der Waals surface area contributed by atoms with Crippen molar-refractivity contribution in [3.05, 3.63) is 82.6 Å². The fourth-order valence-electron chi connectivity index (χ4n) is 5.39. The summed E-state index contributed by atoms with van der Waals surface area (Å²) in [5.41, 5.74) is 3.32. The number of aromatic nitrogens is 2. The maximum Gasteiger partial charge on any atom is 0.338 e. The number of piperazine rings is 1. The first-order valence-electron chi connectivity index (χ1n) is 13.7. The molecule has 9 nitrogen and oxygen atoms in total. The Hall–Kier alpha value is -4.11. The highest BCUT2D eigenvalue weighted by Gasteiger charge is 2.41. The Morgan fingerprint density at radius 1 is 1.02 bits per heavy atom. The SMILES string of the molecule is CCOC(=O)C1=C(C)Oc2nc(N(C)C)nc(N3CCN(Cc4ccccc4)CC3)c2[C@H]1c1ccccc1OC. The quantitative estimate of drug-likeness (QED) is 0.388. The summed E-state index contributed by atoms with van der Waals surface area (Å²) in [6.45, 7) is 8.07. The highest BCUT2D eigenvalue weighted by molar-refractivity contribution is 5.93. The van der Waals surface area contributed by atoms with Gasteiger partial charge in [-0.3, -0.25) is 4.90 Å². The molecule has 5 rings (SSSR count). The molecule has 210 valence electrons. The minimum atomic E-state index is -0.521. The average Bonchev–Trinajstić information content (AvgIpc) is 2.96. The summed E-state index contributed by atoms with van der Waals surface area (Å²) < 4.78 is 17.6. The zero-order valence-electron chi connectivity index (χ0n) is 23.9. The summed E-state index contributed by atoms with van der Waals surface area (Å²) in [6, 6.07) is 18.3. The number of anilines is 2. The van der Waals surface area contributed by atoms with Crippen LogP contribution >= 0.6 is 0 Å². The second kappa shape index (κ2) is 12.0. The van der Waals surface area contributed by atoms with Gasteiger partial charge in [0.25, 0.3) is 0 Å². The van der Waals surface area contributed by atoms with E-state index in [2.05, 4.69) is 34.1 Å². The van der Waals surface area contributed by atoms with E-state index < -0.39 is 11.9 Å². The minimum absolute atomic E-state index is 0.257. The van der Waals surface area contributed by atoms with E-state index in [9.17, 15) is 4.79 Å². The standard InChI is InChI=1S/C31H37N5O4/c1-6-39-30(37)25-21(2)40-29-27(26(25)23-14-10-11-15-24(23)38-5)28(32-31(33-29)34(3)4)36-18-16-35(17-19-36)20-22-12-8-7-9-13-22/h7-15,26H,6,16-20H2,1-5H3/t26-/m0/s1. The monoisotopic (exact) mass is 543 g/mol. The Labute approximate surface area is 236 Å². The number of carbonyl (C=O) groups is 1. The van der Waals surface area contributed by atoms with Crippen molar-refractivity contribution in [3.8, 4) is 11.6 Å². The van der Waals surface area contributed by atoms with E-state index in [1.807, 2.05) is 49.3 Å². The summed E-state index contributed by atoms with van der Waals surface area (Å²) in [7, 11) is 5.46. The number of methoxy groups -OCH3 is 1. The largest absolute Gasteiger partial charge is 0.496 e. The number of benzene rings is 2. The topological polar surface area (TPSA) is 80.3 Å². The van der Waals surface area contributed by atoms with Gasteiger partial charge in [-0.05, 0) is 25.5 Å². The Bertz CT molecular complexity index is 1380. The lowest BCUT2D eigenvalue weighted by atomic mass is 9.82. The van der Waals surface area contributed by atoms with Gasteiger partial charge >= 0.3 is 5.97 Å². The van der Waals surface area contributed by atoms with Crippen LogP contribution in [0.4, 0.5) is 11.8 Å². The molecule has 2 aliphatic heterocycles. The molecule has 2 aliphatic rings. The van der Waals surface area contributed by atoms with Crippen LogP contribution in [-0.2, 0) is 16.1 Å². The van der Waals surface area contributed by atoms with Crippen molar-refractivity contribution < 1.29 is 19.0 Å². The van der Waals surface area contributed by atoms with Gasteiger partial charge in [-0.15, -0.1) is 0 Å². The van der Waals surface area contributed by atoms with Gasteiger partial charge in [-0.25, -0.2) is 4.79 Å². The molecule has 0 radical (unpaired) electrons. The molecule has 0 saturated carbocycles. The predicted octanol–water partition coefficient (Wildman–Crippen LogP) is 4.23. The number of hydrogen-bond acceptors (Lipinski definition) is 9.